The second-order valence-corrected chi connectivity index (χ2v) is 4.78. The van der Waals surface area contributed by atoms with Crippen molar-refractivity contribution in [3.8, 4) is 0 Å². The van der Waals surface area contributed by atoms with E-state index in [0.29, 0.717) is 0 Å². The minimum absolute atomic E-state index is 0. The molecule has 0 amide bonds. The predicted octanol–water partition coefficient (Wildman–Crippen LogP) is -2.56. The van der Waals surface area contributed by atoms with E-state index in [1.54, 1.807) is 0 Å². The first-order valence-electron chi connectivity index (χ1n) is 5.36. The van der Waals surface area contributed by atoms with E-state index in [1.165, 1.54) is 45.1 Å². The van der Waals surface area contributed by atoms with Gasteiger partial charge in [-0.05, 0) is 12.8 Å². The second kappa shape index (κ2) is 14.5. The number of rotatable bonds is 7. The highest BCUT2D eigenvalue weighted by Gasteiger charge is 2.04. The van der Waals surface area contributed by atoms with Crippen molar-refractivity contribution >= 4 is 0 Å². The van der Waals surface area contributed by atoms with Crippen LogP contribution in [0.2, 0.25) is 0 Å². The molecular formula is C11H30Cl2N2. The lowest BCUT2D eigenvalue weighted by Crippen LogP contribution is -3.00. The van der Waals surface area contributed by atoms with Gasteiger partial charge in [-0.15, -0.1) is 0 Å². The fourth-order valence-corrected chi connectivity index (χ4v) is 1.37. The van der Waals surface area contributed by atoms with Gasteiger partial charge < -0.3 is 35.4 Å². The molecular weight excluding hydrogens is 231 g/mol. The first-order valence-corrected chi connectivity index (χ1v) is 5.36. The van der Waals surface area contributed by atoms with Crippen LogP contribution in [-0.4, -0.2) is 32.2 Å². The summed E-state index contributed by atoms with van der Waals surface area (Å²) in [5, 5.41) is 0. The zero-order chi connectivity index (χ0) is 9.45. The van der Waals surface area contributed by atoms with Gasteiger partial charge in [0.2, 0.25) is 0 Å². The number of hydrogen-bond donors (Lipinski definition) is 1. The van der Waals surface area contributed by atoms with Crippen LogP contribution in [0.4, 0.5) is 0 Å². The van der Waals surface area contributed by atoms with E-state index in [4.69, 9.17) is 0 Å². The quantitative estimate of drug-likeness (QED) is 0.387. The molecule has 0 bridgehead atoms. The number of hydrogen-bond acceptors (Lipinski definition) is 0. The van der Waals surface area contributed by atoms with Crippen LogP contribution < -0.4 is 31.0 Å². The average Bonchev–Trinajstić information content (AvgIpc) is 1.94. The summed E-state index contributed by atoms with van der Waals surface area (Å²) in [5.74, 6) is 0. The largest absolute Gasteiger partial charge is 1.00 e. The fourth-order valence-electron chi connectivity index (χ4n) is 1.37. The van der Waals surface area contributed by atoms with Gasteiger partial charge in [0.15, 0.2) is 0 Å². The molecule has 15 heavy (non-hydrogen) atoms. The molecule has 4 N–H and O–H groups in total. The molecule has 0 radical (unpaired) electrons. The molecule has 0 heterocycles. The lowest BCUT2D eigenvalue weighted by atomic mass is 10.1. The molecule has 0 aliphatic carbocycles. The molecule has 4 heteroatoms. The molecule has 0 aromatic carbocycles. The minimum atomic E-state index is 0. The van der Waals surface area contributed by atoms with Crippen molar-refractivity contribution < 1.29 is 29.3 Å². The molecule has 2 nitrogen and oxygen atoms in total. The van der Waals surface area contributed by atoms with Gasteiger partial charge in [0.1, 0.15) is 0 Å². The minimum Gasteiger partial charge on any atom is -1.00 e. The maximum absolute atomic E-state index is 2.27. The molecule has 98 valence electrons. The third kappa shape index (κ3) is 25.1. The Morgan fingerprint density at radius 1 is 0.733 bits per heavy atom. The summed E-state index contributed by atoms with van der Waals surface area (Å²) in [7, 11) is 6.81. The van der Waals surface area contributed by atoms with E-state index >= 15 is 0 Å². The molecule has 0 aliphatic heterocycles. The van der Waals surface area contributed by atoms with Crippen LogP contribution in [0.25, 0.3) is 0 Å². The summed E-state index contributed by atoms with van der Waals surface area (Å²) in [5.41, 5.74) is 0. The zero-order valence-corrected chi connectivity index (χ0v) is 12.7. The monoisotopic (exact) mass is 260 g/mol. The van der Waals surface area contributed by atoms with Gasteiger partial charge in [-0.1, -0.05) is 32.6 Å². The summed E-state index contributed by atoms with van der Waals surface area (Å²) >= 11 is 0. The Morgan fingerprint density at radius 2 is 1.13 bits per heavy atom. The Morgan fingerprint density at radius 3 is 1.53 bits per heavy atom. The third-order valence-electron chi connectivity index (χ3n) is 2.18. The smallest absolute Gasteiger partial charge is 0.0780 e. The highest BCUT2D eigenvalue weighted by molar-refractivity contribution is 4.42. The SMILES string of the molecule is CCCCCCCC[N+](C)(C)C.[Cl-].[Cl-].[NH4+]. The molecule has 0 aromatic rings. The zero-order valence-electron chi connectivity index (χ0n) is 11.2. The van der Waals surface area contributed by atoms with E-state index in [9.17, 15) is 0 Å². The maximum Gasteiger partial charge on any atom is 0.0780 e. The Labute approximate surface area is 109 Å². The molecule has 0 saturated carbocycles. The number of unbranched alkanes of at least 4 members (excludes halogenated alkanes) is 5. The highest BCUT2D eigenvalue weighted by Crippen LogP contribution is 2.06. The van der Waals surface area contributed by atoms with Crippen molar-refractivity contribution in [3.05, 3.63) is 0 Å². The Kier molecular flexibility index (Phi) is 23.8. The first-order chi connectivity index (χ1) is 5.56. The molecule has 0 spiro atoms. The second-order valence-electron chi connectivity index (χ2n) is 4.78. The summed E-state index contributed by atoms with van der Waals surface area (Å²) in [6.07, 6.45) is 8.48. The molecule has 0 atom stereocenters. The highest BCUT2D eigenvalue weighted by atomic mass is 35.5. The van der Waals surface area contributed by atoms with Crippen LogP contribution in [0.3, 0.4) is 0 Å². The van der Waals surface area contributed by atoms with E-state index in [2.05, 4.69) is 28.1 Å². The van der Waals surface area contributed by atoms with Crippen LogP contribution in [0, 0.1) is 0 Å². The van der Waals surface area contributed by atoms with Crippen LogP contribution in [0.15, 0.2) is 0 Å². The molecule has 0 aromatic heterocycles. The summed E-state index contributed by atoms with van der Waals surface area (Å²) < 4.78 is 1.12. The van der Waals surface area contributed by atoms with Crippen LogP contribution in [0.5, 0.6) is 0 Å². The molecule has 0 fully saturated rings. The van der Waals surface area contributed by atoms with Gasteiger partial charge in [0, 0.05) is 0 Å². The van der Waals surface area contributed by atoms with E-state index in [-0.39, 0.29) is 31.0 Å². The molecule has 0 rings (SSSR count). The number of quaternary nitrogens is 2. The van der Waals surface area contributed by atoms with Crippen molar-refractivity contribution in [1.82, 2.24) is 6.15 Å². The summed E-state index contributed by atoms with van der Waals surface area (Å²) in [6.45, 7) is 3.60. The van der Waals surface area contributed by atoms with Gasteiger partial charge in [-0.25, -0.2) is 0 Å². The van der Waals surface area contributed by atoms with Crippen molar-refractivity contribution in [2.24, 2.45) is 0 Å². The average molecular weight is 261 g/mol. The molecule has 0 saturated heterocycles. The van der Waals surface area contributed by atoms with E-state index < -0.39 is 0 Å². The van der Waals surface area contributed by atoms with Gasteiger partial charge in [0.05, 0.1) is 27.7 Å². The van der Waals surface area contributed by atoms with Crippen molar-refractivity contribution in [1.29, 1.82) is 0 Å². The lowest BCUT2D eigenvalue weighted by Gasteiger charge is -2.23. The van der Waals surface area contributed by atoms with E-state index in [1.807, 2.05) is 0 Å². The Balaban J connectivity index is -0.000000202. The standard InChI is InChI=1S/C11H26N.2ClH.H3N/c1-5-6-7-8-9-10-11-12(2,3)4;;;/h5-11H2,1-4H3;2*1H;1H3/q+1;;;/p-1. The van der Waals surface area contributed by atoms with Gasteiger partial charge in [-0.3, -0.25) is 0 Å². The number of halogens is 2. The fraction of sp³-hybridized carbons (Fsp3) is 1.00. The van der Waals surface area contributed by atoms with Crippen LogP contribution >= 0.6 is 0 Å². The first kappa shape index (κ1) is 24.6. The lowest BCUT2D eigenvalue weighted by molar-refractivity contribution is -0.870. The summed E-state index contributed by atoms with van der Waals surface area (Å²) in [6, 6.07) is 0. The number of nitrogens with zero attached hydrogens (tertiary/aromatic N) is 1. The topological polar surface area (TPSA) is 36.5 Å². The van der Waals surface area contributed by atoms with Crippen molar-refractivity contribution in [2.45, 2.75) is 45.4 Å². The van der Waals surface area contributed by atoms with E-state index in [0.717, 1.165) is 4.48 Å². The Hall–Kier alpha value is 0.500. The predicted molar refractivity (Wildman–Crippen MR) is 62.3 cm³/mol. The molecule has 0 aliphatic rings. The third-order valence-corrected chi connectivity index (χ3v) is 2.18. The van der Waals surface area contributed by atoms with Gasteiger partial charge in [-0.2, -0.15) is 0 Å². The van der Waals surface area contributed by atoms with Crippen LogP contribution in [0.1, 0.15) is 45.4 Å². The van der Waals surface area contributed by atoms with Gasteiger partial charge in [0.25, 0.3) is 0 Å². The van der Waals surface area contributed by atoms with Gasteiger partial charge >= 0.3 is 0 Å². The Bertz CT molecular complexity index is 103. The molecule has 0 unspecified atom stereocenters. The van der Waals surface area contributed by atoms with Crippen molar-refractivity contribution in [3.63, 3.8) is 0 Å². The maximum atomic E-state index is 2.27. The van der Waals surface area contributed by atoms with Crippen molar-refractivity contribution in [2.75, 3.05) is 27.7 Å². The van der Waals surface area contributed by atoms with Crippen LogP contribution in [-0.2, 0) is 0 Å². The summed E-state index contributed by atoms with van der Waals surface area (Å²) in [4.78, 5) is 0. The normalized spacial score (nSPS) is 9.60.